The van der Waals surface area contributed by atoms with E-state index in [-0.39, 0.29) is 44.1 Å². The molecule has 1 radical (unpaired) electrons. The molecule has 0 aliphatic carbocycles. The van der Waals surface area contributed by atoms with Crippen LogP contribution >= 0.6 is 0 Å². The van der Waals surface area contributed by atoms with Crippen molar-refractivity contribution in [2.45, 2.75) is 19.3 Å². The largest absolute Gasteiger partial charge is 0.396 e. The van der Waals surface area contributed by atoms with Gasteiger partial charge in [-0.1, -0.05) is 6.08 Å². The van der Waals surface area contributed by atoms with Gasteiger partial charge in [0.2, 0.25) is 0 Å². The Bertz CT molecular complexity index is 45.8. The van der Waals surface area contributed by atoms with Crippen molar-refractivity contribution in [1.82, 2.24) is 0 Å². The van der Waals surface area contributed by atoms with E-state index in [1.165, 1.54) is 0 Å². The molecule has 0 spiro atoms. The van der Waals surface area contributed by atoms with Crippen molar-refractivity contribution in [3.05, 3.63) is 12.7 Å². The zero-order chi connectivity index (χ0) is 5.54. The van der Waals surface area contributed by atoms with Gasteiger partial charge in [0.1, 0.15) is 0 Å². The summed E-state index contributed by atoms with van der Waals surface area (Å²) >= 11 is 0. The van der Waals surface area contributed by atoms with E-state index < -0.39 is 0 Å². The molecular formula is C6H12AcO. The summed E-state index contributed by atoms with van der Waals surface area (Å²) in [5.74, 6) is 0. The molecule has 0 saturated heterocycles. The van der Waals surface area contributed by atoms with Crippen LogP contribution in [0.4, 0.5) is 0 Å². The Morgan fingerprint density at radius 1 is 1.38 bits per heavy atom. The predicted molar refractivity (Wildman–Crippen MR) is 31.1 cm³/mol. The molecule has 0 aromatic heterocycles. The first-order valence-corrected chi connectivity index (χ1v) is 2.63. The molecule has 2 heteroatoms. The molecule has 0 amide bonds. The molecule has 0 fully saturated rings. The van der Waals surface area contributed by atoms with Gasteiger partial charge in [0.25, 0.3) is 0 Å². The fraction of sp³-hybridized carbons (Fsp3) is 0.667. The summed E-state index contributed by atoms with van der Waals surface area (Å²) in [5, 5.41) is 8.26. The Kier molecular flexibility index (Phi) is 16.3. The Morgan fingerprint density at radius 3 is 2.38 bits per heavy atom. The van der Waals surface area contributed by atoms with E-state index in [9.17, 15) is 0 Å². The zero-order valence-corrected chi connectivity index (χ0v) is 9.88. The van der Waals surface area contributed by atoms with E-state index in [1.54, 1.807) is 0 Å². The Balaban J connectivity index is 0. The fourth-order valence-corrected chi connectivity index (χ4v) is 0.400. The summed E-state index contributed by atoms with van der Waals surface area (Å²) in [5.41, 5.74) is 0. The molecule has 0 aliphatic rings. The molecule has 45 valence electrons. The predicted octanol–water partition coefficient (Wildman–Crippen LogP) is 1.33. The van der Waals surface area contributed by atoms with Crippen LogP contribution in [0, 0.1) is 44.1 Å². The average molecular weight is 327 g/mol. The standard InChI is InChI=1S/C6H12O.Ac/c1-2-3-4-5-6-7;/h2,7H,1,3-6H2;. The monoisotopic (exact) mass is 327 g/mol. The molecule has 1 nitrogen and oxygen atoms in total. The number of unbranched alkanes of at least 4 members (excludes halogenated alkanes) is 2. The Labute approximate surface area is 86.7 Å². The molecular weight excluding hydrogens is 315 g/mol. The van der Waals surface area contributed by atoms with Crippen molar-refractivity contribution < 1.29 is 49.2 Å². The van der Waals surface area contributed by atoms with Gasteiger partial charge in [-0.2, -0.15) is 0 Å². The molecule has 0 rings (SSSR count). The van der Waals surface area contributed by atoms with E-state index in [4.69, 9.17) is 5.11 Å². The smallest absolute Gasteiger partial charge is 0.0431 e. The minimum atomic E-state index is 0. The quantitative estimate of drug-likeness (QED) is 0.610. The van der Waals surface area contributed by atoms with Crippen molar-refractivity contribution in [2.24, 2.45) is 0 Å². The minimum Gasteiger partial charge on any atom is -0.396 e. The van der Waals surface area contributed by atoms with Crippen LogP contribution < -0.4 is 0 Å². The van der Waals surface area contributed by atoms with Crippen molar-refractivity contribution >= 4 is 0 Å². The fourth-order valence-electron chi connectivity index (χ4n) is 0.400. The second-order valence-corrected chi connectivity index (χ2v) is 1.51. The average Bonchev–Trinajstić information content (AvgIpc) is 1.69. The minimum absolute atomic E-state index is 0. The first-order chi connectivity index (χ1) is 3.41. The first kappa shape index (κ1) is 11.9. The summed E-state index contributed by atoms with van der Waals surface area (Å²) in [6.07, 6.45) is 4.88. The maximum atomic E-state index is 8.26. The number of aliphatic hydroxyl groups excluding tert-OH is 1. The SMILES string of the molecule is C=CCCCCO.[Ac]. The summed E-state index contributed by atoms with van der Waals surface area (Å²) in [4.78, 5) is 0. The maximum absolute atomic E-state index is 8.26. The van der Waals surface area contributed by atoms with E-state index in [1.807, 2.05) is 6.08 Å². The molecule has 1 N–H and O–H groups in total. The number of rotatable bonds is 4. The molecule has 0 aliphatic heterocycles. The number of aliphatic hydroxyl groups is 1. The number of allylic oxidation sites excluding steroid dienone is 1. The van der Waals surface area contributed by atoms with Gasteiger partial charge < -0.3 is 5.11 Å². The van der Waals surface area contributed by atoms with E-state index >= 15 is 0 Å². The van der Waals surface area contributed by atoms with Gasteiger partial charge in [-0.3, -0.25) is 0 Å². The van der Waals surface area contributed by atoms with Gasteiger partial charge in [0, 0.05) is 50.7 Å². The maximum Gasteiger partial charge on any atom is 0.0431 e. The van der Waals surface area contributed by atoms with Crippen LogP contribution in [0.5, 0.6) is 0 Å². The molecule has 0 saturated carbocycles. The van der Waals surface area contributed by atoms with E-state index in [2.05, 4.69) is 6.58 Å². The Hall–Kier alpha value is 1.14. The third-order valence-electron chi connectivity index (χ3n) is 0.816. The van der Waals surface area contributed by atoms with Crippen LogP contribution in [0.1, 0.15) is 19.3 Å². The molecule has 0 aromatic carbocycles. The van der Waals surface area contributed by atoms with Crippen LogP contribution in [0.2, 0.25) is 0 Å². The van der Waals surface area contributed by atoms with Crippen LogP contribution in [0.3, 0.4) is 0 Å². The molecule has 0 unspecified atom stereocenters. The zero-order valence-electron chi connectivity index (χ0n) is 5.14. The van der Waals surface area contributed by atoms with Crippen molar-refractivity contribution in [2.75, 3.05) is 6.61 Å². The second-order valence-electron chi connectivity index (χ2n) is 1.51. The summed E-state index contributed by atoms with van der Waals surface area (Å²) in [6, 6.07) is 0. The summed E-state index contributed by atoms with van der Waals surface area (Å²) < 4.78 is 0. The van der Waals surface area contributed by atoms with Crippen molar-refractivity contribution in [3.63, 3.8) is 0 Å². The van der Waals surface area contributed by atoms with Gasteiger partial charge in [-0.05, 0) is 19.3 Å². The Morgan fingerprint density at radius 2 is 2.00 bits per heavy atom. The molecule has 8 heavy (non-hydrogen) atoms. The second kappa shape index (κ2) is 11.0. The van der Waals surface area contributed by atoms with Crippen LogP contribution in [-0.2, 0) is 0 Å². The molecule has 0 atom stereocenters. The summed E-state index contributed by atoms with van der Waals surface area (Å²) in [6.45, 7) is 3.86. The molecule has 0 heterocycles. The van der Waals surface area contributed by atoms with Gasteiger partial charge in [-0.15, -0.1) is 6.58 Å². The van der Waals surface area contributed by atoms with Gasteiger partial charge in [0.05, 0.1) is 0 Å². The van der Waals surface area contributed by atoms with E-state index in [0.717, 1.165) is 19.3 Å². The van der Waals surface area contributed by atoms with Gasteiger partial charge in [-0.25, -0.2) is 0 Å². The van der Waals surface area contributed by atoms with Crippen molar-refractivity contribution in [3.8, 4) is 0 Å². The van der Waals surface area contributed by atoms with Crippen LogP contribution in [0.25, 0.3) is 0 Å². The molecule has 0 aromatic rings. The molecule has 0 bridgehead atoms. The normalized spacial score (nSPS) is 7.62. The first-order valence-electron chi connectivity index (χ1n) is 2.63. The van der Waals surface area contributed by atoms with E-state index in [0.29, 0.717) is 6.61 Å². The third kappa shape index (κ3) is 10.2. The van der Waals surface area contributed by atoms with Gasteiger partial charge >= 0.3 is 0 Å². The third-order valence-corrected chi connectivity index (χ3v) is 0.816. The topological polar surface area (TPSA) is 20.2 Å². The summed E-state index contributed by atoms with van der Waals surface area (Å²) in [7, 11) is 0. The number of hydrogen-bond acceptors (Lipinski definition) is 1. The van der Waals surface area contributed by atoms with Crippen LogP contribution in [0.15, 0.2) is 12.7 Å². The van der Waals surface area contributed by atoms with Gasteiger partial charge in [0.15, 0.2) is 0 Å². The van der Waals surface area contributed by atoms with Crippen molar-refractivity contribution in [1.29, 1.82) is 0 Å². The van der Waals surface area contributed by atoms with Crippen LogP contribution in [-0.4, -0.2) is 11.7 Å². The number of hydrogen-bond donors (Lipinski definition) is 1.